The number of rotatable bonds is 5. The zero-order valence-corrected chi connectivity index (χ0v) is 21.0. The number of ether oxygens (including phenoxy) is 1. The molecule has 1 saturated heterocycles. The smallest absolute Gasteiger partial charge is 0.339 e. The third-order valence-electron chi connectivity index (χ3n) is 6.58. The first-order chi connectivity index (χ1) is 17.4. The van der Waals surface area contributed by atoms with Crippen LogP contribution in [0.15, 0.2) is 79.0 Å². The number of aromatic nitrogens is 2. The lowest BCUT2D eigenvalue weighted by atomic mass is 9.96. The van der Waals surface area contributed by atoms with E-state index < -0.39 is 5.97 Å². The van der Waals surface area contributed by atoms with Crippen molar-refractivity contribution in [2.75, 3.05) is 12.0 Å². The quantitative estimate of drug-likeness (QED) is 0.291. The van der Waals surface area contributed by atoms with Crippen LogP contribution in [0.4, 0.5) is 5.69 Å². The van der Waals surface area contributed by atoms with Crippen LogP contribution in [0.25, 0.3) is 5.69 Å². The van der Waals surface area contributed by atoms with E-state index in [1.807, 2.05) is 67.3 Å². The Morgan fingerprint density at radius 3 is 2.42 bits per heavy atom. The highest BCUT2D eigenvalue weighted by molar-refractivity contribution is 7.80. The number of nitrogens with one attached hydrogen (secondary N) is 1. The number of hydrogen-bond acceptors (Lipinski definition) is 5. The number of esters is 1. The van der Waals surface area contributed by atoms with Crippen molar-refractivity contribution in [1.82, 2.24) is 14.9 Å². The number of carbonyl (C=O) groups excluding carboxylic acids is 1. The summed E-state index contributed by atoms with van der Waals surface area (Å²) >= 11 is 5.79. The van der Waals surface area contributed by atoms with Crippen LogP contribution in [0.5, 0.6) is 5.75 Å². The average molecular weight is 499 g/mol. The fourth-order valence-electron chi connectivity index (χ4n) is 5.01. The van der Waals surface area contributed by atoms with Gasteiger partial charge in [0.25, 0.3) is 0 Å². The zero-order chi connectivity index (χ0) is 25.4. The van der Waals surface area contributed by atoms with Crippen molar-refractivity contribution in [2.24, 2.45) is 0 Å². The van der Waals surface area contributed by atoms with Crippen LogP contribution in [0.1, 0.15) is 45.1 Å². The maximum atomic E-state index is 12.5. The molecule has 2 N–H and O–H groups in total. The molecule has 5 rings (SSSR count). The van der Waals surface area contributed by atoms with Crippen LogP contribution in [0.3, 0.4) is 0 Å². The summed E-state index contributed by atoms with van der Waals surface area (Å²) in [5.74, 6) is -0.260. The summed E-state index contributed by atoms with van der Waals surface area (Å²) in [7, 11) is 1.38. The van der Waals surface area contributed by atoms with Crippen molar-refractivity contribution in [2.45, 2.75) is 25.9 Å². The summed E-state index contributed by atoms with van der Waals surface area (Å²) in [6.07, 6.45) is 1.76. The zero-order valence-electron chi connectivity index (χ0n) is 20.2. The molecule has 1 aliphatic heterocycles. The van der Waals surface area contributed by atoms with Crippen molar-refractivity contribution in [3.63, 3.8) is 0 Å². The molecule has 36 heavy (non-hydrogen) atoms. The summed E-state index contributed by atoms with van der Waals surface area (Å²) in [5, 5.41) is 14.7. The van der Waals surface area contributed by atoms with Crippen molar-refractivity contribution in [1.29, 1.82) is 0 Å². The van der Waals surface area contributed by atoms with Crippen LogP contribution in [0.2, 0.25) is 0 Å². The number of anilines is 1. The van der Waals surface area contributed by atoms with Crippen LogP contribution in [-0.2, 0) is 4.74 Å². The fraction of sp³-hybridized carbons (Fsp3) is 0.179. The molecule has 0 amide bonds. The minimum absolute atomic E-state index is 0.137. The van der Waals surface area contributed by atoms with Crippen LogP contribution in [0, 0.1) is 13.8 Å². The first kappa shape index (κ1) is 23.6. The van der Waals surface area contributed by atoms with Gasteiger partial charge in [0.1, 0.15) is 5.75 Å². The molecular weight excluding hydrogens is 472 g/mol. The number of carbonyl (C=O) groups is 1. The number of thiocarbonyl (C=S) groups is 1. The highest BCUT2D eigenvalue weighted by Gasteiger charge is 2.43. The van der Waals surface area contributed by atoms with Crippen molar-refractivity contribution >= 4 is 29.0 Å². The molecule has 2 atom stereocenters. The van der Waals surface area contributed by atoms with Crippen LogP contribution < -0.4 is 10.2 Å². The Balaban J connectivity index is 1.71. The fourth-order valence-corrected chi connectivity index (χ4v) is 5.35. The number of aryl methyl sites for hydroxylation is 1. The Hall–Kier alpha value is -4.17. The molecule has 0 unspecified atom stereocenters. The molecule has 0 aliphatic carbocycles. The van der Waals surface area contributed by atoms with E-state index in [-0.39, 0.29) is 17.8 Å². The van der Waals surface area contributed by atoms with Crippen molar-refractivity contribution in [3.05, 3.63) is 107 Å². The average Bonchev–Trinajstić information content (AvgIpc) is 3.39. The van der Waals surface area contributed by atoms with Gasteiger partial charge in [-0.2, -0.15) is 0 Å². The Morgan fingerprint density at radius 2 is 1.72 bits per heavy atom. The molecule has 182 valence electrons. The second kappa shape index (κ2) is 9.47. The van der Waals surface area contributed by atoms with Gasteiger partial charge in [-0.3, -0.25) is 4.98 Å². The molecule has 2 aromatic carbocycles. The number of para-hydroxylation sites is 3. The normalized spacial score (nSPS) is 17.2. The predicted octanol–water partition coefficient (Wildman–Crippen LogP) is 5.16. The lowest BCUT2D eigenvalue weighted by Gasteiger charge is -2.28. The van der Waals surface area contributed by atoms with Gasteiger partial charge in [-0.15, -0.1) is 0 Å². The molecule has 0 bridgehead atoms. The van der Waals surface area contributed by atoms with E-state index in [4.69, 9.17) is 17.0 Å². The minimum atomic E-state index is -0.398. The molecule has 0 radical (unpaired) electrons. The Morgan fingerprint density at radius 1 is 1.03 bits per heavy atom. The summed E-state index contributed by atoms with van der Waals surface area (Å²) in [5.41, 5.74) is 5.56. The van der Waals surface area contributed by atoms with Gasteiger partial charge >= 0.3 is 5.97 Å². The van der Waals surface area contributed by atoms with Gasteiger partial charge in [0.15, 0.2) is 5.11 Å². The van der Waals surface area contributed by atoms with E-state index in [0.717, 1.165) is 28.3 Å². The Bertz CT molecular complexity index is 1450. The number of phenols is 1. The molecule has 3 heterocycles. The third kappa shape index (κ3) is 3.89. The molecule has 0 saturated carbocycles. The summed E-state index contributed by atoms with van der Waals surface area (Å²) in [6.45, 7) is 4.03. The highest BCUT2D eigenvalue weighted by atomic mass is 32.1. The second-order valence-electron chi connectivity index (χ2n) is 8.66. The summed E-state index contributed by atoms with van der Waals surface area (Å²) < 4.78 is 7.10. The van der Waals surface area contributed by atoms with Crippen LogP contribution >= 0.6 is 12.2 Å². The monoisotopic (exact) mass is 498 g/mol. The van der Waals surface area contributed by atoms with E-state index in [2.05, 4.69) is 20.9 Å². The van der Waals surface area contributed by atoms with Gasteiger partial charge in [0.05, 0.1) is 41.8 Å². The van der Waals surface area contributed by atoms with Crippen molar-refractivity contribution in [3.8, 4) is 11.4 Å². The number of pyridine rings is 1. The predicted molar refractivity (Wildman–Crippen MR) is 143 cm³/mol. The topological polar surface area (TPSA) is 79.6 Å². The molecule has 8 heteroatoms. The number of nitrogens with zero attached hydrogens (tertiary/aromatic N) is 3. The van der Waals surface area contributed by atoms with E-state index in [1.54, 1.807) is 24.4 Å². The molecule has 7 nitrogen and oxygen atoms in total. The molecule has 1 fully saturated rings. The molecule has 4 aromatic rings. The summed E-state index contributed by atoms with van der Waals surface area (Å²) in [4.78, 5) is 19.1. The maximum absolute atomic E-state index is 12.5. The van der Waals surface area contributed by atoms with Gasteiger partial charge in [0.2, 0.25) is 0 Å². The largest absolute Gasteiger partial charge is 0.506 e. The molecular formula is C28H26N4O3S. The molecule has 2 aromatic heterocycles. The first-order valence-electron chi connectivity index (χ1n) is 11.6. The van der Waals surface area contributed by atoms with E-state index in [9.17, 15) is 9.90 Å². The van der Waals surface area contributed by atoms with Gasteiger partial charge in [-0.25, -0.2) is 4.79 Å². The third-order valence-corrected chi connectivity index (χ3v) is 6.89. The van der Waals surface area contributed by atoms with Gasteiger partial charge in [-0.05, 0) is 74.1 Å². The SMILES string of the molecule is COC(=O)c1ccccc1-n1c(C)cc([C@@H]2[C@H](c3ccccn3)NC(=S)N2c2ccccc2O)c1C. The van der Waals surface area contributed by atoms with Gasteiger partial charge in [0, 0.05) is 17.6 Å². The number of aromatic hydroxyl groups is 1. The van der Waals surface area contributed by atoms with Gasteiger partial charge < -0.3 is 24.6 Å². The number of methoxy groups -OCH3 is 1. The van der Waals surface area contributed by atoms with E-state index in [0.29, 0.717) is 16.4 Å². The Labute approximate surface area is 215 Å². The number of hydrogen-bond donors (Lipinski definition) is 2. The minimum Gasteiger partial charge on any atom is -0.506 e. The Kier molecular flexibility index (Phi) is 6.20. The standard InChI is InChI=1S/C28H26N4O3S/c1-17-16-20(18(2)31(17)22-12-5-4-10-19(22)27(34)35-3)26-25(21-11-8-9-15-29-21)30-28(36)32(26)23-13-6-7-14-24(23)33/h4-16,25-26,33H,1-3H3,(H,30,36)/t25-,26+/m0/s1. The first-order valence-corrected chi connectivity index (χ1v) is 12.0. The van der Waals surface area contributed by atoms with Gasteiger partial charge in [-0.1, -0.05) is 30.3 Å². The second-order valence-corrected chi connectivity index (χ2v) is 9.04. The summed E-state index contributed by atoms with van der Waals surface area (Å²) in [6, 6.07) is 21.9. The highest BCUT2D eigenvalue weighted by Crippen LogP contribution is 2.45. The number of benzene rings is 2. The maximum Gasteiger partial charge on any atom is 0.339 e. The van der Waals surface area contributed by atoms with E-state index in [1.165, 1.54) is 7.11 Å². The molecule has 0 spiro atoms. The molecule has 1 aliphatic rings. The lowest BCUT2D eigenvalue weighted by Crippen LogP contribution is -2.29. The van der Waals surface area contributed by atoms with E-state index >= 15 is 0 Å². The number of phenolic OH excluding ortho intramolecular Hbond substituents is 1. The van der Waals surface area contributed by atoms with Crippen molar-refractivity contribution < 1.29 is 14.6 Å². The lowest BCUT2D eigenvalue weighted by molar-refractivity contribution is 0.0600. The van der Waals surface area contributed by atoms with Crippen LogP contribution in [-0.4, -0.2) is 32.8 Å².